The summed E-state index contributed by atoms with van der Waals surface area (Å²) in [4.78, 5) is 36.8. The lowest BCUT2D eigenvalue weighted by molar-refractivity contribution is -0.137. The SMILES string of the molecule is Cc1ccccc1C(=O)OCC(=O)N1CCC[C@H](C(N)=O)C1. The molecule has 6 nitrogen and oxygen atoms in total. The number of hydrogen-bond donors (Lipinski definition) is 1. The Hall–Kier alpha value is -2.37. The first-order valence-corrected chi connectivity index (χ1v) is 7.29. The number of primary amides is 1. The second kappa shape index (κ2) is 7.06. The van der Waals surface area contributed by atoms with Gasteiger partial charge in [0.15, 0.2) is 6.61 Å². The van der Waals surface area contributed by atoms with Crippen LogP contribution >= 0.6 is 0 Å². The first-order valence-electron chi connectivity index (χ1n) is 7.29. The van der Waals surface area contributed by atoms with Crippen LogP contribution in [-0.2, 0) is 14.3 Å². The highest BCUT2D eigenvalue weighted by molar-refractivity contribution is 5.92. The molecule has 1 aliphatic heterocycles. The van der Waals surface area contributed by atoms with Crippen LogP contribution in [0.15, 0.2) is 24.3 Å². The van der Waals surface area contributed by atoms with Gasteiger partial charge in [-0.3, -0.25) is 9.59 Å². The molecule has 2 amide bonds. The predicted molar refractivity (Wildman–Crippen MR) is 80.0 cm³/mol. The molecule has 0 aliphatic carbocycles. The summed E-state index contributed by atoms with van der Waals surface area (Å²) >= 11 is 0. The molecule has 0 radical (unpaired) electrons. The van der Waals surface area contributed by atoms with Crippen molar-refractivity contribution in [2.24, 2.45) is 11.7 Å². The molecule has 1 aliphatic rings. The Bertz CT molecular complexity index is 585. The molecule has 1 heterocycles. The average molecular weight is 304 g/mol. The Labute approximate surface area is 129 Å². The number of carbonyl (C=O) groups is 3. The number of esters is 1. The Balaban J connectivity index is 1.89. The fourth-order valence-electron chi connectivity index (χ4n) is 2.53. The van der Waals surface area contributed by atoms with Crippen LogP contribution in [0.2, 0.25) is 0 Å². The monoisotopic (exact) mass is 304 g/mol. The van der Waals surface area contributed by atoms with Gasteiger partial charge in [0.25, 0.3) is 5.91 Å². The minimum atomic E-state index is -0.519. The van der Waals surface area contributed by atoms with Crippen molar-refractivity contribution in [3.8, 4) is 0 Å². The number of ether oxygens (including phenoxy) is 1. The summed E-state index contributed by atoms with van der Waals surface area (Å²) in [5.74, 6) is -1.53. The Kier molecular flexibility index (Phi) is 5.14. The van der Waals surface area contributed by atoms with Crippen LogP contribution in [0.4, 0.5) is 0 Å². The molecule has 0 saturated carbocycles. The van der Waals surface area contributed by atoms with Gasteiger partial charge in [0, 0.05) is 13.1 Å². The van der Waals surface area contributed by atoms with Crippen LogP contribution in [0, 0.1) is 12.8 Å². The van der Waals surface area contributed by atoms with Crippen LogP contribution in [-0.4, -0.2) is 42.4 Å². The number of hydrogen-bond acceptors (Lipinski definition) is 4. The maximum absolute atomic E-state index is 12.1. The number of benzene rings is 1. The van der Waals surface area contributed by atoms with Crippen molar-refractivity contribution >= 4 is 17.8 Å². The van der Waals surface area contributed by atoms with Crippen molar-refractivity contribution in [3.63, 3.8) is 0 Å². The van der Waals surface area contributed by atoms with Crippen LogP contribution < -0.4 is 5.73 Å². The summed E-state index contributed by atoms with van der Waals surface area (Å²) in [6, 6.07) is 7.04. The maximum atomic E-state index is 12.1. The van der Waals surface area contributed by atoms with Gasteiger partial charge in [-0.05, 0) is 31.4 Å². The maximum Gasteiger partial charge on any atom is 0.338 e. The zero-order valence-corrected chi connectivity index (χ0v) is 12.6. The van der Waals surface area contributed by atoms with E-state index >= 15 is 0 Å². The summed E-state index contributed by atoms with van der Waals surface area (Å²) in [5, 5.41) is 0. The van der Waals surface area contributed by atoms with Crippen LogP contribution in [0.5, 0.6) is 0 Å². The molecule has 22 heavy (non-hydrogen) atoms. The van der Waals surface area contributed by atoms with E-state index in [0.717, 1.165) is 12.0 Å². The smallest absolute Gasteiger partial charge is 0.338 e. The number of carbonyl (C=O) groups excluding carboxylic acids is 3. The van der Waals surface area contributed by atoms with Crippen LogP contribution in [0.3, 0.4) is 0 Å². The quantitative estimate of drug-likeness (QED) is 0.836. The number of likely N-dealkylation sites (tertiary alicyclic amines) is 1. The normalized spacial score (nSPS) is 17.9. The Morgan fingerprint density at radius 1 is 1.32 bits per heavy atom. The number of nitrogens with zero attached hydrogens (tertiary/aromatic N) is 1. The van der Waals surface area contributed by atoms with Crippen molar-refractivity contribution in [3.05, 3.63) is 35.4 Å². The van der Waals surface area contributed by atoms with E-state index in [0.29, 0.717) is 25.1 Å². The van der Waals surface area contributed by atoms with E-state index in [1.807, 2.05) is 6.07 Å². The third-order valence-electron chi connectivity index (χ3n) is 3.87. The van der Waals surface area contributed by atoms with Gasteiger partial charge in [-0.2, -0.15) is 0 Å². The Morgan fingerprint density at radius 3 is 2.73 bits per heavy atom. The molecule has 1 aromatic rings. The molecule has 6 heteroatoms. The van der Waals surface area contributed by atoms with E-state index < -0.39 is 11.9 Å². The molecule has 0 spiro atoms. The van der Waals surface area contributed by atoms with Crippen molar-refractivity contribution < 1.29 is 19.1 Å². The third-order valence-corrected chi connectivity index (χ3v) is 3.87. The van der Waals surface area contributed by atoms with Gasteiger partial charge in [-0.25, -0.2) is 4.79 Å². The van der Waals surface area contributed by atoms with E-state index in [-0.39, 0.29) is 18.4 Å². The zero-order valence-electron chi connectivity index (χ0n) is 12.6. The van der Waals surface area contributed by atoms with Crippen molar-refractivity contribution in [2.75, 3.05) is 19.7 Å². The van der Waals surface area contributed by atoms with Gasteiger partial charge in [0.2, 0.25) is 5.91 Å². The van der Waals surface area contributed by atoms with Crippen molar-refractivity contribution in [1.29, 1.82) is 0 Å². The minimum absolute atomic E-state index is 0.298. The number of piperidine rings is 1. The highest BCUT2D eigenvalue weighted by Gasteiger charge is 2.27. The summed E-state index contributed by atoms with van der Waals surface area (Å²) in [7, 11) is 0. The molecule has 118 valence electrons. The van der Waals surface area contributed by atoms with Gasteiger partial charge in [0.1, 0.15) is 0 Å². The van der Waals surface area contributed by atoms with Crippen LogP contribution in [0.25, 0.3) is 0 Å². The molecule has 1 fully saturated rings. The van der Waals surface area contributed by atoms with Gasteiger partial charge in [-0.1, -0.05) is 18.2 Å². The molecule has 0 unspecified atom stereocenters. The van der Waals surface area contributed by atoms with E-state index in [1.165, 1.54) is 4.90 Å². The summed E-state index contributed by atoms with van der Waals surface area (Å²) in [6.45, 7) is 2.35. The molecular formula is C16H20N2O4. The number of nitrogens with two attached hydrogens (primary N) is 1. The average Bonchev–Trinajstić information content (AvgIpc) is 2.52. The molecule has 2 N–H and O–H groups in total. The molecular weight excluding hydrogens is 284 g/mol. The largest absolute Gasteiger partial charge is 0.452 e. The second-order valence-electron chi connectivity index (χ2n) is 5.47. The van der Waals surface area contributed by atoms with Crippen molar-refractivity contribution in [1.82, 2.24) is 4.90 Å². The fraction of sp³-hybridized carbons (Fsp3) is 0.438. The topological polar surface area (TPSA) is 89.7 Å². The first kappa shape index (κ1) is 16.0. The van der Waals surface area contributed by atoms with Gasteiger partial charge < -0.3 is 15.4 Å². The van der Waals surface area contributed by atoms with Crippen LogP contribution in [0.1, 0.15) is 28.8 Å². The number of amides is 2. The summed E-state index contributed by atoms with van der Waals surface area (Å²) in [6.07, 6.45) is 1.42. The van der Waals surface area contributed by atoms with Gasteiger partial charge in [0.05, 0.1) is 11.5 Å². The lowest BCUT2D eigenvalue weighted by atomic mass is 9.97. The first-order chi connectivity index (χ1) is 10.5. The van der Waals surface area contributed by atoms with E-state index in [1.54, 1.807) is 25.1 Å². The summed E-state index contributed by atoms with van der Waals surface area (Å²) in [5.41, 5.74) is 6.53. The summed E-state index contributed by atoms with van der Waals surface area (Å²) < 4.78 is 5.07. The van der Waals surface area contributed by atoms with E-state index in [4.69, 9.17) is 10.5 Å². The molecule has 0 bridgehead atoms. The lowest BCUT2D eigenvalue weighted by Gasteiger charge is -2.31. The number of aryl methyl sites for hydroxylation is 1. The fourth-order valence-corrected chi connectivity index (χ4v) is 2.53. The van der Waals surface area contributed by atoms with E-state index in [9.17, 15) is 14.4 Å². The predicted octanol–water partition coefficient (Wildman–Crippen LogP) is 0.876. The van der Waals surface area contributed by atoms with E-state index in [2.05, 4.69) is 0 Å². The van der Waals surface area contributed by atoms with Gasteiger partial charge >= 0.3 is 5.97 Å². The molecule has 1 saturated heterocycles. The Morgan fingerprint density at radius 2 is 2.05 bits per heavy atom. The third kappa shape index (κ3) is 3.84. The number of rotatable bonds is 4. The highest BCUT2D eigenvalue weighted by atomic mass is 16.5. The lowest BCUT2D eigenvalue weighted by Crippen LogP contribution is -2.45. The van der Waals surface area contributed by atoms with Gasteiger partial charge in [-0.15, -0.1) is 0 Å². The molecule has 1 atom stereocenters. The second-order valence-corrected chi connectivity index (χ2v) is 5.47. The molecule has 2 rings (SSSR count). The standard InChI is InChI=1S/C16H20N2O4/c1-11-5-2-3-7-13(11)16(21)22-10-14(19)18-8-4-6-12(9-18)15(17)20/h2-3,5,7,12H,4,6,8-10H2,1H3,(H2,17,20)/t12-/m0/s1. The highest BCUT2D eigenvalue weighted by Crippen LogP contribution is 2.16. The van der Waals surface area contributed by atoms with Crippen molar-refractivity contribution in [2.45, 2.75) is 19.8 Å². The minimum Gasteiger partial charge on any atom is -0.452 e. The zero-order chi connectivity index (χ0) is 16.1. The molecule has 1 aromatic carbocycles. The molecule has 0 aromatic heterocycles.